The maximum atomic E-state index is 9.75. The van der Waals surface area contributed by atoms with Gasteiger partial charge in [0.15, 0.2) is 0 Å². The van der Waals surface area contributed by atoms with Crippen LogP contribution in [0.3, 0.4) is 0 Å². The Kier molecular flexibility index (Phi) is 3.73. The molecule has 74 valence electrons. The van der Waals surface area contributed by atoms with Gasteiger partial charge in [0.1, 0.15) is 0 Å². The van der Waals surface area contributed by atoms with Crippen LogP contribution in [0.4, 0.5) is 0 Å². The molecule has 12 heavy (non-hydrogen) atoms. The van der Waals surface area contributed by atoms with E-state index in [4.69, 9.17) is 5.11 Å². The first-order valence-corrected chi connectivity index (χ1v) is 4.48. The first-order valence-electron chi connectivity index (χ1n) is 4.48. The minimum atomic E-state index is -0.428. The third-order valence-corrected chi connectivity index (χ3v) is 2.12. The van der Waals surface area contributed by atoms with Crippen molar-refractivity contribution in [3.63, 3.8) is 0 Å². The van der Waals surface area contributed by atoms with Gasteiger partial charge in [-0.25, -0.2) is 0 Å². The zero-order valence-electron chi connectivity index (χ0n) is 8.89. The molecule has 0 aromatic carbocycles. The molecule has 0 amide bonds. The summed E-state index contributed by atoms with van der Waals surface area (Å²) in [6, 6.07) is 0. The molecule has 2 N–H and O–H groups in total. The molecule has 0 heterocycles. The fourth-order valence-electron chi connectivity index (χ4n) is 0.962. The van der Waals surface area contributed by atoms with Gasteiger partial charge in [-0.2, -0.15) is 0 Å². The van der Waals surface area contributed by atoms with E-state index in [1.165, 1.54) is 0 Å². The molecule has 2 heteroatoms. The summed E-state index contributed by atoms with van der Waals surface area (Å²) in [7, 11) is 0. The number of hydrogen-bond donors (Lipinski definition) is 2. The Morgan fingerprint density at radius 1 is 1.08 bits per heavy atom. The summed E-state index contributed by atoms with van der Waals surface area (Å²) >= 11 is 0. The smallest absolute Gasteiger partial charge is 0.0618 e. The number of aliphatic hydroxyl groups excluding tert-OH is 2. The Labute approximate surface area is 75.6 Å². The van der Waals surface area contributed by atoms with Crippen molar-refractivity contribution in [2.45, 2.75) is 47.1 Å². The van der Waals surface area contributed by atoms with E-state index in [0.717, 1.165) is 6.42 Å². The molecule has 0 bridgehead atoms. The highest BCUT2D eigenvalue weighted by atomic mass is 16.3. The second-order valence-corrected chi connectivity index (χ2v) is 5.43. The SMILES string of the molecule is CC(C)(C)CC(O)C(C)(C)CO. The van der Waals surface area contributed by atoms with Crippen molar-refractivity contribution >= 4 is 0 Å². The maximum Gasteiger partial charge on any atom is 0.0618 e. The fraction of sp³-hybridized carbons (Fsp3) is 1.00. The molecule has 0 spiro atoms. The predicted octanol–water partition coefficient (Wildman–Crippen LogP) is 1.80. The summed E-state index contributed by atoms with van der Waals surface area (Å²) in [6.45, 7) is 10.0. The molecule has 0 aliphatic rings. The summed E-state index contributed by atoms with van der Waals surface area (Å²) in [5.41, 5.74) is -0.265. The Morgan fingerprint density at radius 2 is 1.50 bits per heavy atom. The normalized spacial score (nSPS) is 16.2. The van der Waals surface area contributed by atoms with Crippen LogP contribution in [0.1, 0.15) is 41.0 Å². The van der Waals surface area contributed by atoms with Crippen LogP contribution in [0.25, 0.3) is 0 Å². The third-order valence-electron chi connectivity index (χ3n) is 2.12. The first kappa shape index (κ1) is 11.9. The highest BCUT2D eigenvalue weighted by Gasteiger charge is 2.30. The predicted molar refractivity (Wildman–Crippen MR) is 50.9 cm³/mol. The van der Waals surface area contributed by atoms with Crippen LogP contribution in [-0.4, -0.2) is 22.9 Å². The molecule has 0 radical (unpaired) electrons. The van der Waals surface area contributed by atoms with Gasteiger partial charge in [-0.3, -0.25) is 0 Å². The van der Waals surface area contributed by atoms with Crippen LogP contribution in [0, 0.1) is 10.8 Å². The average molecular weight is 174 g/mol. The van der Waals surface area contributed by atoms with Crippen molar-refractivity contribution in [2.24, 2.45) is 10.8 Å². The number of rotatable bonds is 3. The van der Waals surface area contributed by atoms with Crippen molar-refractivity contribution in [1.29, 1.82) is 0 Å². The van der Waals surface area contributed by atoms with Gasteiger partial charge in [-0.05, 0) is 11.8 Å². The highest BCUT2D eigenvalue weighted by Crippen LogP contribution is 2.30. The molecule has 0 saturated carbocycles. The lowest BCUT2D eigenvalue weighted by Crippen LogP contribution is -2.35. The Hall–Kier alpha value is -0.0800. The fourth-order valence-corrected chi connectivity index (χ4v) is 0.962. The largest absolute Gasteiger partial charge is 0.396 e. The van der Waals surface area contributed by atoms with E-state index < -0.39 is 6.10 Å². The monoisotopic (exact) mass is 174 g/mol. The van der Waals surface area contributed by atoms with E-state index in [2.05, 4.69) is 20.8 Å². The topological polar surface area (TPSA) is 40.5 Å². The van der Waals surface area contributed by atoms with Gasteiger partial charge >= 0.3 is 0 Å². The average Bonchev–Trinajstić information content (AvgIpc) is 1.84. The van der Waals surface area contributed by atoms with Crippen molar-refractivity contribution < 1.29 is 10.2 Å². The van der Waals surface area contributed by atoms with E-state index in [1.807, 2.05) is 13.8 Å². The van der Waals surface area contributed by atoms with Crippen LogP contribution in [0.5, 0.6) is 0 Å². The second-order valence-electron chi connectivity index (χ2n) is 5.43. The van der Waals surface area contributed by atoms with Crippen LogP contribution in [0.2, 0.25) is 0 Å². The van der Waals surface area contributed by atoms with Crippen LogP contribution in [0.15, 0.2) is 0 Å². The van der Waals surface area contributed by atoms with E-state index in [1.54, 1.807) is 0 Å². The molecule has 0 aromatic heterocycles. The quantitative estimate of drug-likeness (QED) is 0.685. The molecular weight excluding hydrogens is 152 g/mol. The molecule has 0 rings (SSSR count). The van der Waals surface area contributed by atoms with Crippen LogP contribution >= 0.6 is 0 Å². The van der Waals surface area contributed by atoms with Gasteiger partial charge in [0.2, 0.25) is 0 Å². The highest BCUT2D eigenvalue weighted by molar-refractivity contribution is 4.80. The Balaban J connectivity index is 4.13. The molecule has 0 aromatic rings. The minimum absolute atomic E-state index is 0.0320. The summed E-state index contributed by atoms with van der Waals surface area (Å²) in [5, 5.41) is 18.8. The summed E-state index contributed by atoms with van der Waals surface area (Å²) < 4.78 is 0. The van der Waals surface area contributed by atoms with Gasteiger partial charge in [0.25, 0.3) is 0 Å². The Morgan fingerprint density at radius 3 is 1.75 bits per heavy atom. The van der Waals surface area contributed by atoms with Crippen molar-refractivity contribution in [3.05, 3.63) is 0 Å². The Bertz CT molecular complexity index is 133. The van der Waals surface area contributed by atoms with Gasteiger partial charge in [-0.1, -0.05) is 34.6 Å². The molecule has 2 nitrogen and oxygen atoms in total. The summed E-state index contributed by atoms with van der Waals surface area (Å²) in [4.78, 5) is 0. The number of hydrogen-bond acceptors (Lipinski definition) is 2. The lowest BCUT2D eigenvalue weighted by atomic mass is 9.78. The van der Waals surface area contributed by atoms with Gasteiger partial charge < -0.3 is 10.2 Å². The summed E-state index contributed by atoms with van der Waals surface area (Å²) in [5.74, 6) is 0. The zero-order valence-corrected chi connectivity index (χ0v) is 8.89. The van der Waals surface area contributed by atoms with Crippen LogP contribution < -0.4 is 0 Å². The van der Waals surface area contributed by atoms with Crippen molar-refractivity contribution in [3.8, 4) is 0 Å². The van der Waals surface area contributed by atoms with E-state index in [9.17, 15) is 5.11 Å². The third kappa shape index (κ3) is 4.07. The van der Waals surface area contributed by atoms with E-state index in [0.29, 0.717) is 0 Å². The molecule has 1 unspecified atom stereocenters. The molecule has 0 saturated heterocycles. The first-order chi connectivity index (χ1) is 5.19. The van der Waals surface area contributed by atoms with Gasteiger partial charge in [0, 0.05) is 5.41 Å². The number of aliphatic hydroxyl groups is 2. The second kappa shape index (κ2) is 3.75. The minimum Gasteiger partial charge on any atom is -0.396 e. The molecule has 0 fully saturated rings. The maximum absolute atomic E-state index is 9.75. The zero-order chi connectivity index (χ0) is 9.99. The molecule has 1 atom stereocenters. The summed E-state index contributed by atoms with van der Waals surface area (Å²) in [6.07, 6.45) is 0.295. The molecule has 0 aliphatic heterocycles. The molecule has 0 aliphatic carbocycles. The van der Waals surface area contributed by atoms with Gasteiger partial charge in [0.05, 0.1) is 12.7 Å². The van der Waals surface area contributed by atoms with E-state index in [-0.39, 0.29) is 17.4 Å². The van der Waals surface area contributed by atoms with Gasteiger partial charge in [-0.15, -0.1) is 0 Å². The van der Waals surface area contributed by atoms with Crippen molar-refractivity contribution in [1.82, 2.24) is 0 Å². The standard InChI is InChI=1S/C10H22O2/c1-9(2,3)6-8(12)10(4,5)7-11/h8,11-12H,6-7H2,1-5H3. The van der Waals surface area contributed by atoms with E-state index >= 15 is 0 Å². The lowest BCUT2D eigenvalue weighted by molar-refractivity contribution is -0.0153. The lowest BCUT2D eigenvalue weighted by Gasteiger charge is -2.33. The molecular formula is C10H22O2. The van der Waals surface area contributed by atoms with Crippen LogP contribution in [-0.2, 0) is 0 Å². The van der Waals surface area contributed by atoms with Crippen molar-refractivity contribution in [2.75, 3.05) is 6.61 Å².